The van der Waals surface area contributed by atoms with Crippen LogP contribution in [0.3, 0.4) is 0 Å². The molecule has 1 N–H and O–H groups in total. The SMILES string of the molecule is C=CCC(CC=C)NCC#CCOCC. The van der Waals surface area contributed by atoms with Crippen LogP contribution in [0.1, 0.15) is 19.8 Å². The topological polar surface area (TPSA) is 21.3 Å². The van der Waals surface area contributed by atoms with Gasteiger partial charge in [0, 0.05) is 12.6 Å². The minimum Gasteiger partial charge on any atom is -0.369 e. The van der Waals surface area contributed by atoms with Gasteiger partial charge in [0.15, 0.2) is 0 Å². The van der Waals surface area contributed by atoms with Crippen LogP contribution in [0.15, 0.2) is 25.3 Å². The second-order valence-corrected chi connectivity index (χ2v) is 3.12. The van der Waals surface area contributed by atoms with Crippen molar-refractivity contribution in [1.29, 1.82) is 0 Å². The van der Waals surface area contributed by atoms with E-state index in [4.69, 9.17) is 4.74 Å². The highest BCUT2D eigenvalue weighted by atomic mass is 16.5. The molecule has 0 spiro atoms. The molecule has 0 aliphatic heterocycles. The number of hydrogen-bond acceptors (Lipinski definition) is 2. The van der Waals surface area contributed by atoms with E-state index in [1.165, 1.54) is 0 Å². The van der Waals surface area contributed by atoms with Gasteiger partial charge in [-0.3, -0.25) is 0 Å². The van der Waals surface area contributed by atoms with Gasteiger partial charge in [0.25, 0.3) is 0 Å². The Hall–Kier alpha value is -1.04. The Bertz CT molecular complexity index is 214. The van der Waals surface area contributed by atoms with Gasteiger partial charge in [-0.15, -0.1) is 13.2 Å². The average molecular weight is 207 g/mol. The van der Waals surface area contributed by atoms with Crippen molar-refractivity contribution in [3.63, 3.8) is 0 Å². The lowest BCUT2D eigenvalue weighted by Gasteiger charge is -2.12. The standard InChI is InChI=1S/C13H21NO/c1-4-9-13(10-5-2)14-11-7-8-12-15-6-3/h4-5,13-14H,1-2,6,9-12H2,3H3. The number of nitrogens with one attached hydrogen (secondary N) is 1. The highest BCUT2D eigenvalue weighted by molar-refractivity contribution is 5.02. The maximum atomic E-state index is 5.10. The van der Waals surface area contributed by atoms with Gasteiger partial charge in [0.05, 0.1) is 6.54 Å². The van der Waals surface area contributed by atoms with E-state index in [1.54, 1.807) is 0 Å². The van der Waals surface area contributed by atoms with Crippen LogP contribution >= 0.6 is 0 Å². The van der Waals surface area contributed by atoms with Crippen molar-refractivity contribution in [3.8, 4) is 11.8 Å². The lowest BCUT2D eigenvalue weighted by Crippen LogP contribution is -2.28. The molecule has 0 radical (unpaired) electrons. The lowest BCUT2D eigenvalue weighted by molar-refractivity contribution is 0.182. The van der Waals surface area contributed by atoms with Gasteiger partial charge in [0.1, 0.15) is 6.61 Å². The molecule has 0 unspecified atom stereocenters. The fourth-order valence-electron chi connectivity index (χ4n) is 1.13. The third kappa shape index (κ3) is 9.27. The van der Waals surface area contributed by atoms with Crippen LogP contribution in [-0.4, -0.2) is 25.8 Å². The molecule has 2 nitrogen and oxygen atoms in total. The van der Waals surface area contributed by atoms with E-state index in [1.807, 2.05) is 19.1 Å². The number of rotatable bonds is 8. The molecule has 0 bridgehead atoms. The minimum atomic E-state index is 0.404. The van der Waals surface area contributed by atoms with Crippen molar-refractivity contribution in [2.24, 2.45) is 0 Å². The van der Waals surface area contributed by atoms with Crippen molar-refractivity contribution in [3.05, 3.63) is 25.3 Å². The van der Waals surface area contributed by atoms with Crippen LogP contribution in [0.2, 0.25) is 0 Å². The highest BCUT2D eigenvalue weighted by Crippen LogP contribution is 1.98. The largest absolute Gasteiger partial charge is 0.369 e. The Morgan fingerprint density at radius 1 is 1.27 bits per heavy atom. The van der Waals surface area contributed by atoms with Crippen molar-refractivity contribution in [1.82, 2.24) is 5.32 Å². The van der Waals surface area contributed by atoms with Gasteiger partial charge in [0.2, 0.25) is 0 Å². The zero-order valence-electron chi connectivity index (χ0n) is 9.59. The molecule has 2 heteroatoms. The molecule has 0 fully saturated rings. The molecule has 0 heterocycles. The monoisotopic (exact) mass is 207 g/mol. The molecule has 0 aromatic rings. The summed E-state index contributed by atoms with van der Waals surface area (Å²) in [4.78, 5) is 0. The van der Waals surface area contributed by atoms with Gasteiger partial charge in [-0.25, -0.2) is 0 Å². The lowest BCUT2D eigenvalue weighted by atomic mass is 10.1. The Kier molecular flexibility index (Phi) is 10.3. The maximum Gasteiger partial charge on any atom is 0.107 e. The molecule has 0 aromatic heterocycles. The third-order valence-electron chi connectivity index (χ3n) is 1.88. The van der Waals surface area contributed by atoms with E-state index in [0.717, 1.165) is 19.4 Å². The van der Waals surface area contributed by atoms with Crippen molar-refractivity contribution >= 4 is 0 Å². The molecule has 0 atom stereocenters. The zero-order chi connectivity index (χ0) is 11.4. The Morgan fingerprint density at radius 3 is 2.47 bits per heavy atom. The second-order valence-electron chi connectivity index (χ2n) is 3.12. The molecule has 0 aliphatic rings. The average Bonchev–Trinajstić information content (AvgIpc) is 2.24. The van der Waals surface area contributed by atoms with Crippen molar-refractivity contribution < 1.29 is 4.74 Å². The summed E-state index contributed by atoms with van der Waals surface area (Å²) in [5.41, 5.74) is 0. The van der Waals surface area contributed by atoms with Gasteiger partial charge >= 0.3 is 0 Å². The summed E-state index contributed by atoms with van der Waals surface area (Å²) >= 11 is 0. The second kappa shape index (κ2) is 11.0. The molecule has 0 aromatic carbocycles. The maximum absolute atomic E-state index is 5.10. The summed E-state index contributed by atoms with van der Waals surface area (Å²) in [6, 6.07) is 0.404. The number of hydrogen-bond donors (Lipinski definition) is 1. The molecule has 0 saturated carbocycles. The summed E-state index contributed by atoms with van der Waals surface area (Å²) in [5.74, 6) is 5.95. The first-order chi connectivity index (χ1) is 7.35. The minimum absolute atomic E-state index is 0.404. The predicted molar refractivity (Wildman–Crippen MR) is 65.7 cm³/mol. The normalized spacial score (nSPS) is 9.47. The van der Waals surface area contributed by atoms with Crippen LogP contribution < -0.4 is 5.32 Å². The molecule has 0 amide bonds. The molecule has 84 valence electrons. The first kappa shape index (κ1) is 14.0. The van der Waals surface area contributed by atoms with E-state index < -0.39 is 0 Å². The molecule has 0 rings (SSSR count). The first-order valence-electron chi connectivity index (χ1n) is 5.33. The summed E-state index contributed by atoms with van der Waals surface area (Å²) in [6.45, 7) is 11.3. The van der Waals surface area contributed by atoms with E-state index in [0.29, 0.717) is 19.2 Å². The van der Waals surface area contributed by atoms with E-state index in [2.05, 4.69) is 30.3 Å². The van der Waals surface area contributed by atoms with Crippen LogP contribution in [0.5, 0.6) is 0 Å². The quantitative estimate of drug-likeness (QED) is 0.374. The van der Waals surface area contributed by atoms with Crippen LogP contribution in [0.4, 0.5) is 0 Å². The fraction of sp³-hybridized carbons (Fsp3) is 0.538. The van der Waals surface area contributed by atoms with Gasteiger partial charge < -0.3 is 10.1 Å². The molecule has 0 aliphatic carbocycles. The Morgan fingerprint density at radius 2 is 1.93 bits per heavy atom. The van der Waals surface area contributed by atoms with E-state index in [-0.39, 0.29) is 0 Å². The third-order valence-corrected chi connectivity index (χ3v) is 1.88. The van der Waals surface area contributed by atoms with Gasteiger partial charge in [-0.1, -0.05) is 24.0 Å². The predicted octanol–water partition coefficient (Wildman–Crippen LogP) is 2.14. The van der Waals surface area contributed by atoms with E-state index in [9.17, 15) is 0 Å². The summed E-state index contributed by atoms with van der Waals surface area (Å²) in [7, 11) is 0. The smallest absolute Gasteiger partial charge is 0.107 e. The molecular formula is C13H21NO. The summed E-state index contributed by atoms with van der Waals surface area (Å²) in [5, 5.41) is 3.33. The van der Waals surface area contributed by atoms with Crippen LogP contribution in [0, 0.1) is 11.8 Å². The van der Waals surface area contributed by atoms with Gasteiger partial charge in [-0.2, -0.15) is 0 Å². The Balaban J connectivity index is 3.62. The highest BCUT2D eigenvalue weighted by Gasteiger charge is 2.00. The Labute approximate surface area is 93.4 Å². The van der Waals surface area contributed by atoms with Crippen molar-refractivity contribution in [2.75, 3.05) is 19.8 Å². The van der Waals surface area contributed by atoms with Gasteiger partial charge in [-0.05, 0) is 19.8 Å². The number of ether oxygens (including phenoxy) is 1. The van der Waals surface area contributed by atoms with E-state index >= 15 is 0 Å². The summed E-state index contributed by atoms with van der Waals surface area (Å²) in [6.07, 6.45) is 5.71. The molecule has 15 heavy (non-hydrogen) atoms. The van der Waals surface area contributed by atoms with Crippen molar-refractivity contribution in [2.45, 2.75) is 25.8 Å². The summed E-state index contributed by atoms with van der Waals surface area (Å²) < 4.78 is 5.10. The first-order valence-corrected chi connectivity index (χ1v) is 5.33. The van der Waals surface area contributed by atoms with Crippen LogP contribution in [-0.2, 0) is 4.74 Å². The molecular weight excluding hydrogens is 186 g/mol. The fourth-order valence-corrected chi connectivity index (χ4v) is 1.13. The zero-order valence-corrected chi connectivity index (χ0v) is 9.59. The molecule has 0 saturated heterocycles. The van der Waals surface area contributed by atoms with Crippen LogP contribution in [0.25, 0.3) is 0 Å².